The van der Waals surface area contributed by atoms with E-state index in [4.69, 9.17) is 5.73 Å². The number of imide groups is 1. The van der Waals surface area contributed by atoms with E-state index >= 15 is 0 Å². The van der Waals surface area contributed by atoms with Crippen molar-refractivity contribution in [1.82, 2.24) is 4.90 Å². The molecule has 96 valence electrons. The number of nitrogens with two attached hydrogens (primary N) is 1. The Morgan fingerprint density at radius 3 is 2.94 bits per heavy atom. The van der Waals surface area contributed by atoms with Gasteiger partial charge in [0, 0.05) is 23.5 Å². The lowest BCUT2D eigenvalue weighted by Gasteiger charge is -2.13. The van der Waals surface area contributed by atoms with Crippen molar-refractivity contribution in [2.24, 2.45) is 0 Å². The van der Waals surface area contributed by atoms with Crippen LogP contribution in [0, 0.1) is 5.82 Å². The van der Waals surface area contributed by atoms with E-state index < -0.39 is 5.82 Å². The van der Waals surface area contributed by atoms with E-state index in [9.17, 15) is 14.0 Å². The zero-order valence-corrected chi connectivity index (χ0v) is 10.5. The first-order valence-corrected chi connectivity index (χ1v) is 6.57. The average Bonchev–Trinajstić information content (AvgIpc) is 2.76. The summed E-state index contributed by atoms with van der Waals surface area (Å²) in [4.78, 5) is 24.9. The Bertz CT molecular complexity index is 493. The number of carbonyl (C=O) groups excluding carboxylic acids is 2. The molecule has 0 unspecified atom stereocenters. The molecule has 0 aliphatic carbocycles. The molecule has 1 aromatic rings. The number of halogens is 1. The van der Waals surface area contributed by atoms with E-state index in [1.165, 1.54) is 23.1 Å². The van der Waals surface area contributed by atoms with Crippen molar-refractivity contribution < 1.29 is 14.0 Å². The van der Waals surface area contributed by atoms with Crippen molar-refractivity contribution in [2.75, 3.05) is 18.0 Å². The number of likely N-dealkylation sites (tertiary alicyclic amines) is 1. The van der Waals surface area contributed by atoms with Crippen LogP contribution >= 0.6 is 11.8 Å². The summed E-state index contributed by atoms with van der Waals surface area (Å²) in [6.07, 6.45) is 1.15. The van der Waals surface area contributed by atoms with E-state index in [-0.39, 0.29) is 17.6 Å². The van der Waals surface area contributed by atoms with Crippen molar-refractivity contribution >= 4 is 29.3 Å². The Kier molecular flexibility index (Phi) is 3.86. The van der Waals surface area contributed by atoms with Gasteiger partial charge in [-0.1, -0.05) is 0 Å². The minimum absolute atomic E-state index is 0.0966. The highest BCUT2D eigenvalue weighted by Gasteiger charge is 2.26. The number of carbonyl (C=O) groups is 2. The quantitative estimate of drug-likeness (QED) is 0.669. The molecule has 4 nitrogen and oxygen atoms in total. The molecule has 0 atom stereocenters. The number of thioether (sulfide) groups is 1. The maximum absolute atomic E-state index is 13.0. The first-order chi connectivity index (χ1) is 8.58. The van der Waals surface area contributed by atoms with Crippen molar-refractivity contribution in [2.45, 2.75) is 17.7 Å². The topological polar surface area (TPSA) is 63.4 Å². The highest BCUT2D eigenvalue weighted by Crippen LogP contribution is 2.26. The van der Waals surface area contributed by atoms with Crippen LogP contribution in [0.3, 0.4) is 0 Å². The Morgan fingerprint density at radius 2 is 2.28 bits per heavy atom. The summed E-state index contributed by atoms with van der Waals surface area (Å²) in [5.41, 5.74) is 6.11. The van der Waals surface area contributed by atoms with Gasteiger partial charge in [-0.25, -0.2) is 4.39 Å². The van der Waals surface area contributed by atoms with Crippen LogP contribution in [0.5, 0.6) is 0 Å². The van der Waals surface area contributed by atoms with E-state index in [1.54, 1.807) is 0 Å². The van der Waals surface area contributed by atoms with E-state index in [2.05, 4.69) is 0 Å². The number of amides is 2. The number of hydrogen-bond acceptors (Lipinski definition) is 4. The summed E-state index contributed by atoms with van der Waals surface area (Å²) in [6.45, 7) is 0.483. The van der Waals surface area contributed by atoms with Gasteiger partial charge in [0.05, 0.1) is 5.75 Å². The van der Waals surface area contributed by atoms with Gasteiger partial charge in [0.1, 0.15) is 5.82 Å². The van der Waals surface area contributed by atoms with Crippen molar-refractivity contribution in [3.05, 3.63) is 24.0 Å². The van der Waals surface area contributed by atoms with Crippen LogP contribution in [-0.4, -0.2) is 29.0 Å². The first kappa shape index (κ1) is 12.9. The van der Waals surface area contributed by atoms with Gasteiger partial charge in [0.25, 0.3) is 0 Å². The smallest absolute Gasteiger partial charge is 0.239 e. The zero-order valence-electron chi connectivity index (χ0n) is 9.69. The monoisotopic (exact) mass is 268 g/mol. The molecule has 0 bridgehead atoms. The number of benzene rings is 1. The number of nitrogens with zero attached hydrogens (tertiary/aromatic N) is 1. The van der Waals surface area contributed by atoms with Crippen molar-refractivity contribution in [3.63, 3.8) is 0 Å². The van der Waals surface area contributed by atoms with E-state index in [0.717, 1.165) is 18.2 Å². The Labute approximate surface area is 108 Å². The third-order valence-corrected chi connectivity index (χ3v) is 3.76. The summed E-state index contributed by atoms with van der Waals surface area (Å²) in [5, 5.41) is 0. The third-order valence-electron chi connectivity index (χ3n) is 2.70. The molecule has 18 heavy (non-hydrogen) atoms. The average molecular weight is 268 g/mol. The van der Waals surface area contributed by atoms with Crippen LogP contribution < -0.4 is 5.73 Å². The molecule has 1 aliphatic heterocycles. The lowest BCUT2D eigenvalue weighted by atomic mass is 10.3. The second kappa shape index (κ2) is 5.39. The van der Waals surface area contributed by atoms with Gasteiger partial charge >= 0.3 is 0 Å². The normalized spacial score (nSPS) is 15.2. The van der Waals surface area contributed by atoms with Gasteiger partial charge in [0.2, 0.25) is 11.8 Å². The molecule has 1 saturated heterocycles. The van der Waals surface area contributed by atoms with Crippen LogP contribution in [-0.2, 0) is 9.59 Å². The van der Waals surface area contributed by atoms with Crippen LogP contribution in [0.15, 0.2) is 23.1 Å². The first-order valence-electron chi connectivity index (χ1n) is 5.59. The van der Waals surface area contributed by atoms with Gasteiger partial charge < -0.3 is 5.73 Å². The number of anilines is 1. The second-order valence-corrected chi connectivity index (χ2v) is 5.03. The molecule has 1 heterocycles. The molecule has 0 saturated carbocycles. The highest BCUT2D eigenvalue weighted by atomic mass is 32.2. The van der Waals surface area contributed by atoms with Gasteiger partial charge in [-0.2, -0.15) is 0 Å². The molecule has 2 amide bonds. The lowest BCUT2D eigenvalue weighted by Crippen LogP contribution is -2.33. The summed E-state index contributed by atoms with van der Waals surface area (Å²) >= 11 is 1.15. The fourth-order valence-electron chi connectivity index (χ4n) is 1.76. The predicted molar refractivity (Wildman–Crippen MR) is 67.5 cm³/mol. The van der Waals surface area contributed by atoms with Crippen LogP contribution in [0.25, 0.3) is 0 Å². The summed E-state index contributed by atoms with van der Waals surface area (Å²) in [7, 11) is 0. The van der Waals surface area contributed by atoms with Gasteiger partial charge in [-0.05, 0) is 24.6 Å². The highest BCUT2D eigenvalue weighted by molar-refractivity contribution is 8.00. The molecule has 0 spiro atoms. The fourth-order valence-corrected chi connectivity index (χ4v) is 2.63. The molecular weight excluding hydrogens is 255 g/mol. The van der Waals surface area contributed by atoms with Gasteiger partial charge in [0.15, 0.2) is 0 Å². The van der Waals surface area contributed by atoms with Gasteiger partial charge in [-0.3, -0.25) is 14.5 Å². The Hall–Kier alpha value is -1.56. The second-order valence-electron chi connectivity index (χ2n) is 4.01. The number of hydrogen-bond donors (Lipinski definition) is 1. The molecule has 1 fully saturated rings. The van der Waals surface area contributed by atoms with Crippen LogP contribution in [0.4, 0.5) is 10.1 Å². The summed E-state index contributed by atoms with van der Waals surface area (Å²) in [6, 6.07) is 4.02. The molecule has 0 aromatic heterocycles. The lowest BCUT2D eigenvalue weighted by molar-refractivity contribution is -0.140. The maximum Gasteiger partial charge on any atom is 0.239 e. The van der Waals surface area contributed by atoms with Crippen LogP contribution in [0.1, 0.15) is 12.8 Å². The van der Waals surface area contributed by atoms with Crippen molar-refractivity contribution in [1.29, 1.82) is 0 Å². The van der Waals surface area contributed by atoms with Crippen LogP contribution in [0.2, 0.25) is 0 Å². The van der Waals surface area contributed by atoms with Gasteiger partial charge in [-0.15, -0.1) is 11.8 Å². The molecule has 1 aliphatic rings. The minimum atomic E-state index is -0.392. The number of rotatable bonds is 3. The van der Waals surface area contributed by atoms with E-state index in [1.807, 2.05) is 0 Å². The molecule has 0 radical (unpaired) electrons. The Morgan fingerprint density at radius 1 is 1.50 bits per heavy atom. The molecule has 6 heteroatoms. The summed E-state index contributed by atoms with van der Waals surface area (Å²) < 4.78 is 13.0. The fraction of sp³-hybridized carbons (Fsp3) is 0.333. The SMILES string of the molecule is Nc1ccc(F)cc1SCC(=O)N1CCCC1=O. The predicted octanol–water partition coefficient (Wildman–Crippen LogP) is 1.65. The molecule has 2 N–H and O–H groups in total. The minimum Gasteiger partial charge on any atom is -0.398 e. The Balaban J connectivity index is 1.97. The van der Waals surface area contributed by atoms with E-state index in [0.29, 0.717) is 23.5 Å². The number of nitrogen functional groups attached to an aromatic ring is 1. The summed E-state index contributed by atoms with van der Waals surface area (Å²) in [5.74, 6) is -0.672. The maximum atomic E-state index is 13.0. The molecule has 2 rings (SSSR count). The van der Waals surface area contributed by atoms with Crippen molar-refractivity contribution in [3.8, 4) is 0 Å². The third kappa shape index (κ3) is 2.81. The zero-order chi connectivity index (χ0) is 13.1. The standard InChI is InChI=1S/C12H13FN2O2S/c13-8-3-4-9(14)10(6-8)18-7-12(17)15-5-1-2-11(15)16/h3-4,6H,1-2,5,7,14H2. The molecular formula is C12H13FN2O2S. The molecule has 1 aromatic carbocycles. The largest absolute Gasteiger partial charge is 0.398 e.